The fraction of sp³-hybridized carbons (Fsp3) is 0.250. The summed E-state index contributed by atoms with van der Waals surface area (Å²) in [5, 5.41) is 7.00. The molecule has 0 aromatic heterocycles. The Morgan fingerprint density at radius 3 is 2.09 bits per heavy atom. The molecule has 3 heteroatoms. The quantitative estimate of drug-likeness (QED) is 0.483. The molecule has 0 aliphatic rings. The zero-order valence-corrected chi connectivity index (χ0v) is 6.83. The number of nitrogens with two attached hydrogens (primary N) is 2. The molecule has 0 bridgehead atoms. The Balaban J connectivity index is 0.000000461. The van der Waals surface area contributed by atoms with E-state index in [1.807, 2.05) is 19.1 Å². The van der Waals surface area contributed by atoms with E-state index in [0.717, 1.165) is 12.7 Å². The summed E-state index contributed by atoms with van der Waals surface area (Å²) >= 11 is 0. The van der Waals surface area contributed by atoms with Gasteiger partial charge in [0.25, 0.3) is 0 Å². The van der Waals surface area contributed by atoms with Crippen LogP contribution < -0.4 is 11.5 Å². The van der Waals surface area contributed by atoms with Crippen LogP contribution in [-0.4, -0.2) is 12.2 Å². The molecule has 0 heterocycles. The lowest BCUT2D eigenvalue weighted by Crippen LogP contribution is -1.95. The predicted octanol–water partition coefficient (Wildman–Crippen LogP) is 0.768. The fourth-order valence-corrected chi connectivity index (χ4v) is 0.703. The van der Waals surface area contributed by atoms with Crippen LogP contribution in [0, 0.1) is 6.92 Å². The Kier molecular flexibility index (Phi) is 4.07. The third-order valence-electron chi connectivity index (χ3n) is 1.36. The molecule has 62 valence electrons. The van der Waals surface area contributed by atoms with Crippen LogP contribution in [0.15, 0.2) is 18.2 Å². The van der Waals surface area contributed by atoms with E-state index in [-0.39, 0.29) is 0 Å². The minimum absolute atomic E-state index is 0.662. The van der Waals surface area contributed by atoms with Crippen LogP contribution in [0.1, 0.15) is 5.56 Å². The average molecular weight is 154 g/mol. The smallest absolute Gasteiger partial charge is 0.0577 e. The average Bonchev–Trinajstić information content (AvgIpc) is 2.04. The number of aryl methyl sites for hydroxylation is 1. The molecule has 1 rings (SSSR count). The molecule has 0 atom stereocenters. The van der Waals surface area contributed by atoms with Crippen molar-refractivity contribution in [2.45, 2.75) is 6.92 Å². The minimum atomic E-state index is 0.662. The first-order valence-electron chi connectivity index (χ1n) is 3.27. The molecule has 1 aromatic rings. The number of hydrogen-bond donors (Lipinski definition) is 3. The maximum absolute atomic E-state index is 7.00. The number of hydrogen-bond acceptors (Lipinski definition) is 3. The fourth-order valence-electron chi connectivity index (χ4n) is 0.703. The van der Waals surface area contributed by atoms with Crippen molar-refractivity contribution in [2.24, 2.45) is 0 Å². The summed E-state index contributed by atoms with van der Waals surface area (Å²) in [5.41, 5.74) is 13.4. The van der Waals surface area contributed by atoms with E-state index in [4.69, 9.17) is 16.6 Å². The number of benzene rings is 1. The predicted molar refractivity (Wildman–Crippen MR) is 48.1 cm³/mol. The Labute approximate surface area is 66.6 Å². The van der Waals surface area contributed by atoms with Gasteiger partial charge in [0.15, 0.2) is 0 Å². The zero-order chi connectivity index (χ0) is 8.85. The lowest BCUT2D eigenvalue weighted by atomic mass is 10.2. The van der Waals surface area contributed by atoms with Gasteiger partial charge in [0.05, 0.1) is 11.4 Å². The van der Waals surface area contributed by atoms with E-state index in [9.17, 15) is 0 Å². The summed E-state index contributed by atoms with van der Waals surface area (Å²) in [7, 11) is 1.00. The van der Waals surface area contributed by atoms with E-state index in [2.05, 4.69) is 0 Å². The first-order valence-corrected chi connectivity index (χ1v) is 3.27. The lowest BCUT2D eigenvalue weighted by Gasteiger charge is -2.00. The molecule has 0 radical (unpaired) electrons. The van der Waals surface area contributed by atoms with Gasteiger partial charge < -0.3 is 16.6 Å². The maximum Gasteiger partial charge on any atom is 0.0577 e. The highest BCUT2D eigenvalue weighted by molar-refractivity contribution is 5.66. The number of para-hydroxylation sites is 1. The Hall–Kier alpha value is -1.22. The minimum Gasteiger partial charge on any atom is -0.400 e. The highest BCUT2D eigenvalue weighted by Crippen LogP contribution is 2.17. The van der Waals surface area contributed by atoms with Gasteiger partial charge >= 0.3 is 0 Å². The first-order chi connectivity index (χ1) is 5.22. The number of aliphatic hydroxyl groups excluding tert-OH is 1. The van der Waals surface area contributed by atoms with E-state index in [1.54, 1.807) is 6.07 Å². The second-order valence-corrected chi connectivity index (χ2v) is 2.08. The van der Waals surface area contributed by atoms with Gasteiger partial charge in [-0.25, -0.2) is 0 Å². The van der Waals surface area contributed by atoms with Crippen LogP contribution in [0.4, 0.5) is 11.4 Å². The Morgan fingerprint density at radius 1 is 1.18 bits per heavy atom. The molecule has 0 spiro atoms. The van der Waals surface area contributed by atoms with Gasteiger partial charge in [0, 0.05) is 7.11 Å². The van der Waals surface area contributed by atoms with Crippen molar-refractivity contribution in [1.82, 2.24) is 0 Å². The number of nitrogen functional groups attached to an aromatic ring is 2. The van der Waals surface area contributed by atoms with Crippen LogP contribution >= 0.6 is 0 Å². The van der Waals surface area contributed by atoms with E-state index < -0.39 is 0 Å². The molecule has 0 unspecified atom stereocenters. The molecular weight excluding hydrogens is 140 g/mol. The summed E-state index contributed by atoms with van der Waals surface area (Å²) in [6.45, 7) is 1.94. The molecule has 0 fully saturated rings. The molecule has 1 aromatic carbocycles. The van der Waals surface area contributed by atoms with Crippen LogP contribution in [0.25, 0.3) is 0 Å². The van der Waals surface area contributed by atoms with Crippen molar-refractivity contribution in [2.75, 3.05) is 18.6 Å². The van der Waals surface area contributed by atoms with Crippen molar-refractivity contribution in [3.8, 4) is 0 Å². The summed E-state index contributed by atoms with van der Waals surface area (Å²) in [6, 6.07) is 5.62. The van der Waals surface area contributed by atoms with Crippen molar-refractivity contribution in [3.63, 3.8) is 0 Å². The molecule has 0 aliphatic heterocycles. The molecule has 0 amide bonds. The number of aliphatic hydroxyl groups is 1. The second kappa shape index (κ2) is 4.57. The molecular formula is C8H14N2O. The second-order valence-electron chi connectivity index (χ2n) is 2.08. The first kappa shape index (κ1) is 9.78. The lowest BCUT2D eigenvalue weighted by molar-refractivity contribution is 0.399. The topological polar surface area (TPSA) is 72.3 Å². The summed E-state index contributed by atoms with van der Waals surface area (Å²) in [4.78, 5) is 0. The van der Waals surface area contributed by atoms with Crippen LogP contribution in [-0.2, 0) is 0 Å². The third-order valence-corrected chi connectivity index (χ3v) is 1.36. The van der Waals surface area contributed by atoms with E-state index in [0.29, 0.717) is 11.4 Å². The Bertz CT molecular complexity index is 203. The maximum atomic E-state index is 7.00. The molecule has 11 heavy (non-hydrogen) atoms. The van der Waals surface area contributed by atoms with Gasteiger partial charge in [-0.15, -0.1) is 0 Å². The third kappa shape index (κ3) is 2.47. The van der Waals surface area contributed by atoms with Crippen molar-refractivity contribution >= 4 is 11.4 Å². The molecule has 0 aliphatic carbocycles. The van der Waals surface area contributed by atoms with Gasteiger partial charge in [-0.05, 0) is 18.6 Å². The molecule has 0 saturated heterocycles. The highest BCUT2D eigenvalue weighted by Gasteiger charge is 1.93. The number of rotatable bonds is 0. The van der Waals surface area contributed by atoms with Gasteiger partial charge in [-0.1, -0.05) is 12.1 Å². The van der Waals surface area contributed by atoms with Crippen molar-refractivity contribution in [1.29, 1.82) is 0 Å². The summed E-state index contributed by atoms with van der Waals surface area (Å²) < 4.78 is 0. The largest absolute Gasteiger partial charge is 0.400 e. The van der Waals surface area contributed by atoms with Crippen LogP contribution in [0.2, 0.25) is 0 Å². The SMILES string of the molecule is CO.Cc1cccc(N)c1N. The highest BCUT2D eigenvalue weighted by atomic mass is 16.2. The molecule has 0 saturated carbocycles. The van der Waals surface area contributed by atoms with Gasteiger partial charge in [-0.3, -0.25) is 0 Å². The van der Waals surface area contributed by atoms with Crippen molar-refractivity contribution in [3.05, 3.63) is 23.8 Å². The summed E-state index contributed by atoms with van der Waals surface area (Å²) in [5.74, 6) is 0. The van der Waals surface area contributed by atoms with E-state index >= 15 is 0 Å². The summed E-state index contributed by atoms with van der Waals surface area (Å²) in [6.07, 6.45) is 0. The van der Waals surface area contributed by atoms with Crippen molar-refractivity contribution < 1.29 is 5.11 Å². The normalized spacial score (nSPS) is 8.27. The Morgan fingerprint density at radius 2 is 1.73 bits per heavy atom. The van der Waals surface area contributed by atoms with Crippen LogP contribution in [0.3, 0.4) is 0 Å². The van der Waals surface area contributed by atoms with E-state index in [1.165, 1.54) is 0 Å². The van der Waals surface area contributed by atoms with Gasteiger partial charge in [-0.2, -0.15) is 0 Å². The van der Waals surface area contributed by atoms with Gasteiger partial charge in [0.1, 0.15) is 0 Å². The standard InChI is InChI=1S/C7H10N2.CH4O/c1-5-3-2-4-6(8)7(5)9;1-2/h2-4H,8-9H2,1H3;2H,1H3. The monoisotopic (exact) mass is 154 g/mol. The van der Waals surface area contributed by atoms with Gasteiger partial charge in [0.2, 0.25) is 0 Å². The molecule has 3 nitrogen and oxygen atoms in total. The number of anilines is 2. The van der Waals surface area contributed by atoms with Crippen LogP contribution in [0.5, 0.6) is 0 Å². The zero-order valence-electron chi connectivity index (χ0n) is 6.83. The molecule has 5 N–H and O–H groups in total.